The highest BCUT2D eigenvalue weighted by atomic mass is 31.2. The normalized spacial score (nSPS) is 13.3. The van der Waals surface area contributed by atoms with Crippen molar-refractivity contribution in [3.8, 4) is 0 Å². The van der Waals surface area contributed by atoms with Crippen molar-refractivity contribution in [2.45, 2.75) is 18.3 Å². The van der Waals surface area contributed by atoms with Gasteiger partial charge in [0.25, 0.3) is 0 Å². The molecule has 3 atom stereocenters. The predicted octanol–water partition coefficient (Wildman–Crippen LogP) is 3.71. The second kappa shape index (κ2) is 15.0. The van der Waals surface area contributed by atoms with Crippen molar-refractivity contribution in [1.82, 2.24) is 0 Å². The summed E-state index contributed by atoms with van der Waals surface area (Å²) in [5, 5.41) is 11.1. The van der Waals surface area contributed by atoms with Crippen LogP contribution in [0.2, 0.25) is 0 Å². The second-order valence-electron chi connectivity index (χ2n) is 8.56. The molecule has 1 unspecified atom stereocenters. The summed E-state index contributed by atoms with van der Waals surface area (Å²) in [6, 6.07) is 23.1. The molecule has 0 radical (unpaired) electrons. The molecule has 0 amide bonds. The topological polar surface area (TPSA) is 152 Å². The number of carbonyl (C=O) groups excluding carboxylic acids is 4. The van der Waals surface area contributed by atoms with Crippen molar-refractivity contribution in [3.63, 3.8) is 0 Å². The highest BCUT2D eigenvalue weighted by Gasteiger charge is 2.43. The number of benzene rings is 3. The van der Waals surface area contributed by atoms with Crippen LogP contribution in [0.4, 0.5) is 0 Å². The average molecular weight is 585 g/mol. The highest BCUT2D eigenvalue weighted by Crippen LogP contribution is 2.46. The minimum Gasteiger partial charge on any atom is -0.459 e. The molecular weight excluding hydrogens is 555 g/mol. The van der Waals surface area contributed by atoms with E-state index >= 15 is 0 Å². The lowest BCUT2D eigenvalue weighted by Crippen LogP contribution is -2.50. The van der Waals surface area contributed by atoms with E-state index in [2.05, 4.69) is 0 Å². The summed E-state index contributed by atoms with van der Waals surface area (Å²) in [6.07, 6.45) is -6.65. The van der Waals surface area contributed by atoms with Crippen LogP contribution in [0.5, 0.6) is 0 Å². The highest BCUT2D eigenvalue weighted by molar-refractivity contribution is 7.54. The van der Waals surface area contributed by atoms with Gasteiger partial charge < -0.3 is 28.4 Å². The van der Waals surface area contributed by atoms with Crippen LogP contribution < -0.4 is 0 Å². The third-order valence-corrected chi connectivity index (χ3v) is 7.60. The molecule has 3 rings (SSSR count). The van der Waals surface area contributed by atoms with Gasteiger partial charge in [0.2, 0.25) is 0 Å². The van der Waals surface area contributed by atoms with Crippen LogP contribution in [0.1, 0.15) is 31.1 Å². The maximum Gasteiger partial charge on any atom is 0.338 e. The number of ether oxygens (including phenoxy) is 3. The largest absolute Gasteiger partial charge is 0.459 e. The first-order valence-corrected chi connectivity index (χ1v) is 14.1. The molecule has 3 aromatic carbocycles. The fourth-order valence-corrected chi connectivity index (χ4v) is 4.55. The molecule has 0 aliphatic heterocycles. The fourth-order valence-electron chi connectivity index (χ4n) is 3.58. The molecule has 11 nitrogen and oxygen atoms in total. The van der Waals surface area contributed by atoms with Crippen LogP contribution in [-0.2, 0) is 32.6 Å². The summed E-state index contributed by atoms with van der Waals surface area (Å²) in [5.41, 5.74) is 0.290. The van der Waals surface area contributed by atoms with E-state index in [0.29, 0.717) is 0 Å². The maximum absolute atomic E-state index is 13.4. The standard InChI is InChI=1S/C29H29O11P/c1-36-41(35,37-2)19-24(31)26(40-29(34)22-16-10-5-11-17-22)25(39-28(33)21-14-8-4-9-15-21)23(30)18-38-27(32)20-12-6-3-7-13-20/h3-17,23,25-26,30H,18-19H2,1-2H3/t23-,25+,26?/m1/s1. The van der Waals surface area contributed by atoms with Crippen molar-refractivity contribution >= 4 is 31.3 Å². The lowest BCUT2D eigenvalue weighted by molar-refractivity contribution is -0.140. The van der Waals surface area contributed by atoms with E-state index in [1.54, 1.807) is 54.6 Å². The predicted molar refractivity (Wildman–Crippen MR) is 146 cm³/mol. The Hall–Kier alpha value is -4.15. The molecular formula is C29H29O11P. The maximum atomic E-state index is 13.4. The lowest BCUT2D eigenvalue weighted by Gasteiger charge is -2.30. The Balaban J connectivity index is 1.96. The number of rotatable bonds is 14. The first-order valence-electron chi connectivity index (χ1n) is 12.3. The Morgan fingerprint density at radius 1 is 0.683 bits per heavy atom. The molecule has 41 heavy (non-hydrogen) atoms. The van der Waals surface area contributed by atoms with Gasteiger partial charge in [-0.2, -0.15) is 0 Å². The quantitative estimate of drug-likeness (QED) is 0.168. The summed E-state index contributed by atoms with van der Waals surface area (Å²) in [4.78, 5) is 51.9. The molecule has 1 N–H and O–H groups in total. The van der Waals surface area contributed by atoms with Gasteiger partial charge in [0.05, 0.1) is 16.7 Å². The molecule has 0 heterocycles. The van der Waals surface area contributed by atoms with Crippen LogP contribution in [0.3, 0.4) is 0 Å². The summed E-state index contributed by atoms with van der Waals surface area (Å²) >= 11 is 0. The van der Waals surface area contributed by atoms with Crippen molar-refractivity contribution in [2.75, 3.05) is 27.0 Å². The van der Waals surface area contributed by atoms with Crippen LogP contribution >= 0.6 is 7.60 Å². The van der Waals surface area contributed by atoms with Gasteiger partial charge in [0, 0.05) is 14.2 Å². The number of esters is 3. The van der Waals surface area contributed by atoms with E-state index in [9.17, 15) is 28.8 Å². The van der Waals surface area contributed by atoms with Gasteiger partial charge >= 0.3 is 25.5 Å². The van der Waals surface area contributed by atoms with Gasteiger partial charge in [0.1, 0.15) is 18.9 Å². The van der Waals surface area contributed by atoms with Crippen molar-refractivity contribution < 1.29 is 52.1 Å². The Morgan fingerprint density at radius 2 is 1.10 bits per heavy atom. The molecule has 216 valence electrons. The Morgan fingerprint density at radius 3 is 1.54 bits per heavy atom. The van der Waals surface area contributed by atoms with Crippen molar-refractivity contribution in [1.29, 1.82) is 0 Å². The smallest absolute Gasteiger partial charge is 0.338 e. The Bertz CT molecular complexity index is 1360. The van der Waals surface area contributed by atoms with Crippen molar-refractivity contribution in [2.24, 2.45) is 0 Å². The number of hydrogen-bond acceptors (Lipinski definition) is 11. The molecule has 0 bridgehead atoms. The second-order valence-corrected chi connectivity index (χ2v) is 10.8. The SMILES string of the molecule is COP(=O)(CC(=O)C(OC(=O)c1ccccc1)[C@@H](OC(=O)c1ccccc1)[C@H](O)COC(=O)c1ccccc1)OC. The van der Waals surface area contributed by atoms with E-state index in [0.717, 1.165) is 14.2 Å². The monoisotopic (exact) mass is 584 g/mol. The summed E-state index contributed by atoms with van der Waals surface area (Å²) < 4.78 is 38.6. The van der Waals surface area contributed by atoms with Crippen molar-refractivity contribution in [3.05, 3.63) is 108 Å². The third kappa shape index (κ3) is 8.92. The zero-order valence-electron chi connectivity index (χ0n) is 22.3. The van der Waals surface area contributed by atoms with Gasteiger partial charge in [-0.15, -0.1) is 0 Å². The number of hydrogen-bond donors (Lipinski definition) is 1. The molecule has 0 aliphatic rings. The summed E-state index contributed by atoms with van der Waals surface area (Å²) in [7, 11) is -1.86. The lowest BCUT2D eigenvalue weighted by atomic mass is 10.0. The number of ketones is 1. The van der Waals surface area contributed by atoms with Gasteiger partial charge in [-0.3, -0.25) is 9.36 Å². The molecule has 0 saturated carbocycles. The van der Waals surface area contributed by atoms with Gasteiger partial charge in [-0.25, -0.2) is 14.4 Å². The van der Waals surface area contributed by atoms with E-state index < -0.39 is 62.4 Å². The van der Waals surface area contributed by atoms with Crippen LogP contribution in [-0.4, -0.2) is 74.1 Å². The minimum absolute atomic E-state index is 0.0464. The Kier molecular flexibility index (Phi) is 11.5. The average Bonchev–Trinajstić information content (AvgIpc) is 3.02. The van der Waals surface area contributed by atoms with E-state index in [1.165, 1.54) is 36.4 Å². The summed E-state index contributed by atoms with van der Waals surface area (Å²) in [5.74, 6) is -3.81. The van der Waals surface area contributed by atoms with Crippen LogP contribution in [0.25, 0.3) is 0 Å². The number of aliphatic hydroxyl groups excluding tert-OH is 1. The Labute approximate surface area is 236 Å². The number of carbonyl (C=O) groups is 4. The molecule has 0 saturated heterocycles. The van der Waals surface area contributed by atoms with Gasteiger partial charge in [-0.05, 0) is 36.4 Å². The number of Topliss-reactive ketones (excluding diaryl/α,β-unsaturated/α-hetero) is 1. The fraction of sp³-hybridized carbons (Fsp3) is 0.241. The molecule has 0 aromatic heterocycles. The molecule has 0 aliphatic carbocycles. The number of aliphatic hydroxyl groups is 1. The zero-order chi connectivity index (χ0) is 29.8. The third-order valence-electron chi connectivity index (χ3n) is 5.79. The van der Waals surface area contributed by atoms with Gasteiger partial charge in [-0.1, -0.05) is 54.6 Å². The van der Waals surface area contributed by atoms with E-state index in [4.69, 9.17) is 23.3 Å². The van der Waals surface area contributed by atoms with Crippen LogP contribution in [0.15, 0.2) is 91.0 Å². The zero-order valence-corrected chi connectivity index (χ0v) is 23.2. The first kappa shape index (κ1) is 31.4. The first-order chi connectivity index (χ1) is 19.7. The molecule has 0 spiro atoms. The summed E-state index contributed by atoms with van der Waals surface area (Å²) in [6.45, 7) is -0.751. The van der Waals surface area contributed by atoms with Gasteiger partial charge in [0.15, 0.2) is 18.0 Å². The molecule has 12 heteroatoms. The molecule has 3 aromatic rings. The minimum atomic E-state index is -3.99. The van der Waals surface area contributed by atoms with E-state index in [1.807, 2.05) is 0 Å². The van der Waals surface area contributed by atoms with Crippen LogP contribution in [0, 0.1) is 0 Å². The molecule has 0 fully saturated rings. The van der Waals surface area contributed by atoms with E-state index in [-0.39, 0.29) is 16.7 Å².